The molecule has 2 heterocycles. The average molecular weight is 453 g/mol. The largest absolute Gasteiger partial charge is 0.460 e. The maximum Gasteiger partial charge on any atom is 0.236 e. The van der Waals surface area contributed by atoms with Crippen molar-refractivity contribution < 1.29 is 28.2 Å². The summed E-state index contributed by atoms with van der Waals surface area (Å²) in [7, 11) is 0.279. The Bertz CT molecular complexity index is 1120. The molecule has 2 aromatic rings. The van der Waals surface area contributed by atoms with Gasteiger partial charge in [0.05, 0.1) is 31.7 Å². The van der Waals surface area contributed by atoms with E-state index in [2.05, 4.69) is 20.8 Å². The average Bonchev–Trinajstić information content (AvgIpc) is 3.47. The third-order valence-electron chi connectivity index (χ3n) is 7.47. The molecule has 1 spiro atoms. The number of aliphatic hydroxyl groups is 1. The summed E-state index contributed by atoms with van der Waals surface area (Å²) in [6.45, 7) is 9.54. The highest BCUT2D eigenvalue weighted by Crippen LogP contribution is 2.56. The molecule has 7 heteroatoms. The Morgan fingerprint density at radius 3 is 2.62 bits per heavy atom. The van der Waals surface area contributed by atoms with E-state index in [-0.39, 0.29) is 26.7 Å². The zero-order chi connectivity index (χ0) is 22.5. The van der Waals surface area contributed by atoms with Gasteiger partial charge in [-0.3, -0.25) is 4.79 Å². The number of hydrogen-bond acceptors (Lipinski definition) is 6. The molecule has 0 amide bonds. The first-order valence-electron chi connectivity index (χ1n) is 11.4. The fourth-order valence-electron chi connectivity index (χ4n) is 5.97. The molecule has 6 nitrogen and oxygen atoms in total. The van der Waals surface area contributed by atoms with Crippen LogP contribution in [-0.4, -0.2) is 40.0 Å². The number of fused-ring (bicyclic) bond motifs is 5. The fraction of sp³-hybridized carbons (Fsp3) is 0.560. The highest BCUT2D eigenvalue weighted by atomic mass is 28.2. The van der Waals surface area contributed by atoms with Crippen molar-refractivity contribution in [2.45, 2.75) is 75.4 Å². The van der Waals surface area contributed by atoms with Gasteiger partial charge in [0.2, 0.25) is 15.5 Å². The molecule has 6 rings (SSSR count). The lowest BCUT2D eigenvalue weighted by atomic mass is 9.60. The van der Waals surface area contributed by atoms with Gasteiger partial charge < -0.3 is 23.4 Å². The van der Waals surface area contributed by atoms with Crippen molar-refractivity contribution in [3.05, 3.63) is 57.5 Å². The summed E-state index contributed by atoms with van der Waals surface area (Å²) in [4.78, 5) is 13.7. The number of carbonyl (C=O) groups excluding carboxylic acids is 1. The van der Waals surface area contributed by atoms with Crippen LogP contribution >= 0.6 is 0 Å². The Balaban J connectivity index is 1.49. The van der Waals surface area contributed by atoms with Gasteiger partial charge in [0.15, 0.2) is 11.5 Å². The molecule has 1 saturated heterocycles. The zero-order valence-corrected chi connectivity index (χ0v) is 19.9. The van der Waals surface area contributed by atoms with E-state index in [1.54, 1.807) is 6.26 Å². The van der Waals surface area contributed by atoms with Crippen molar-refractivity contribution in [1.29, 1.82) is 0 Å². The van der Waals surface area contributed by atoms with Gasteiger partial charge in [-0.05, 0) is 29.5 Å². The second kappa shape index (κ2) is 6.64. The molecule has 3 atom stereocenters. The van der Waals surface area contributed by atoms with Crippen LogP contribution in [0.15, 0.2) is 22.8 Å². The molecule has 32 heavy (non-hydrogen) atoms. The van der Waals surface area contributed by atoms with Gasteiger partial charge in [-0.25, -0.2) is 0 Å². The van der Waals surface area contributed by atoms with E-state index in [1.165, 1.54) is 0 Å². The summed E-state index contributed by atoms with van der Waals surface area (Å²) >= 11 is 0. The van der Waals surface area contributed by atoms with E-state index >= 15 is 0 Å². The Hall–Kier alpha value is -1.77. The van der Waals surface area contributed by atoms with Crippen LogP contribution in [-0.2, 0) is 31.5 Å². The van der Waals surface area contributed by atoms with Crippen LogP contribution in [0.1, 0.15) is 90.6 Å². The minimum Gasteiger partial charge on any atom is -0.460 e. The SMILES string of the molecule is CC(C)(C)[Si]OC1C[C@H](O)[C@@]2(C)c3ccc4c(c3C(=O)c3occ1c32)CCC41OCCO1. The van der Waals surface area contributed by atoms with Gasteiger partial charge in [-0.15, -0.1) is 0 Å². The van der Waals surface area contributed by atoms with Crippen LogP contribution in [0.5, 0.6) is 0 Å². The highest BCUT2D eigenvalue weighted by Gasteiger charge is 2.55. The first kappa shape index (κ1) is 20.8. The van der Waals surface area contributed by atoms with Crippen molar-refractivity contribution in [2.75, 3.05) is 13.2 Å². The predicted octanol–water partition coefficient (Wildman–Crippen LogP) is 3.94. The van der Waals surface area contributed by atoms with Crippen molar-refractivity contribution in [2.24, 2.45) is 0 Å². The number of rotatable bonds is 2. The molecule has 3 aliphatic carbocycles. The highest BCUT2D eigenvalue weighted by molar-refractivity contribution is 6.31. The number of aliphatic hydroxyl groups excluding tert-OH is 1. The van der Waals surface area contributed by atoms with Crippen LogP contribution in [0.3, 0.4) is 0 Å². The summed E-state index contributed by atoms with van der Waals surface area (Å²) in [5.41, 5.74) is 4.40. The maximum atomic E-state index is 13.7. The molecule has 1 N–H and O–H groups in total. The number of furan rings is 1. The van der Waals surface area contributed by atoms with E-state index in [0.717, 1.165) is 27.8 Å². The number of hydrogen-bond donors (Lipinski definition) is 1. The summed E-state index contributed by atoms with van der Waals surface area (Å²) in [5, 5.41) is 11.5. The van der Waals surface area contributed by atoms with E-state index < -0.39 is 17.3 Å². The summed E-state index contributed by atoms with van der Waals surface area (Å²) < 4.78 is 24.1. The molecule has 4 aliphatic rings. The van der Waals surface area contributed by atoms with Gasteiger partial charge in [0.25, 0.3) is 0 Å². The van der Waals surface area contributed by atoms with Crippen LogP contribution in [0.4, 0.5) is 0 Å². The maximum absolute atomic E-state index is 13.7. The number of benzene rings is 1. The van der Waals surface area contributed by atoms with Gasteiger partial charge in [-0.1, -0.05) is 32.9 Å². The molecule has 1 aliphatic heterocycles. The lowest BCUT2D eigenvalue weighted by Crippen LogP contribution is -2.47. The minimum atomic E-state index is -0.738. The Kier molecular flexibility index (Phi) is 4.32. The number of carbonyl (C=O) groups is 1. The monoisotopic (exact) mass is 452 g/mol. The van der Waals surface area contributed by atoms with Crippen LogP contribution in [0.2, 0.25) is 5.04 Å². The molecule has 1 unspecified atom stereocenters. The Morgan fingerprint density at radius 2 is 1.91 bits per heavy atom. The summed E-state index contributed by atoms with van der Waals surface area (Å²) in [5.74, 6) is -0.515. The molecule has 1 aromatic heterocycles. The number of ether oxygens (including phenoxy) is 2. The minimum absolute atomic E-state index is 0.0266. The molecule has 168 valence electrons. The van der Waals surface area contributed by atoms with Crippen molar-refractivity contribution >= 4 is 15.5 Å². The van der Waals surface area contributed by atoms with Gasteiger partial charge in [-0.2, -0.15) is 0 Å². The topological polar surface area (TPSA) is 78.1 Å². The Labute approximate surface area is 190 Å². The summed E-state index contributed by atoms with van der Waals surface area (Å²) in [6.07, 6.45) is 2.56. The van der Waals surface area contributed by atoms with Crippen molar-refractivity contribution in [3.63, 3.8) is 0 Å². The standard InChI is InChI=1S/C25H28O6Si/c1-23(2,3)32-31-17-11-18(26)24(4)16-6-5-15-13(7-8-25(15)29-9-10-30-25)19(16)21(27)22-20(24)14(17)12-28-22/h5-6,12,17-18,26H,7-11H2,1-4H3/t17?,18-,24+/m0/s1. The van der Waals surface area contributed by atoms with E-state index in [4.69, 9.17) is 18.3 Å². The van der Waals surface area contributed by atoms with Crippen molar-refractivity contribution in [3.8, 4) is 0 Å². The van der Waals surface area contributed by atoms with E-state index in [9.17, 15) is 9.90 Å². The number of ketones is 1. The van der Waals surface area contributed by atoms with Gasteiger partial charge >= 0.3 is 0 Å². The molecule has 0 bridgehead atoms. The third-order valence-corrected chi connectivity index (χ3v) is 8.49. The van der Waals surface area contributed by atoms with Crippen molar-refractivity contribution in [1.82, 2.24) is 0 Å². The summed E-state index contributed by atoms with van der Waals surface area (Å²) in [6, 6.07) is 4.03. The molecule has 1 fully saturated rings. The van der Waals surface area contributed by atoms with Crippen LogP contribution < -0.4 is 0 Å². The lowest BCUT2D eigenvalue weighted by molar-refractivity contribution is -0.163. The molecular weight excluding hydrogens is 424 g/mol. The van der Waals surface area contributed by atoms with Crippen LogP contribution in [0.25, 0.3) is 0 Å². The Morgan fingerprint density at radius 1 is 1.19 bits per heavy atom. The first-order valence-corrected chi connectivity index (χ1v) is 12.3. The van der Waals surface area contributed by atoms with Gasteiger partial charge in [0, 0.05) is 40.5 Å². The van der Waals surface area contributed by atoms with E-state index in [0.29, 0.717) is 43.8 Å². The van der Waals surface area contributed by atoms with E-state index in [1.807, 2.05) is 19.1 Å². The molecule has 0 saturated carbocycles. The van der Waals surface area contributed by atoms with Crippen LogP contribution in [0, 0.1) is 0 Å². The normalized spacial score (nSPS) is 29.8. The molecular formula is C25H28O6Si. The quantitative estimate of drug-likeness (QED) is 0.696. The molecule has 2 radical (unpaired) electrons. The molecule has 1 aromatic carbocycles. The second-order valence-electron chi connectivity index (χ2n) is 10.6. The second-order valence-corrected chi connectivity index (χ2v) is 12.5. The first-order chi connectivity index (χ1) is 15.2. The fourth-order valence-corrected chi connectivity index (χ4v) is 6.68. The predicted molar refractivity (Wildman–Crippen MR) is 117 cm³/mol. The lowest BCUT2D eigenvalue weighted by Gasteiger charge is -2.45. The third kappa shape index (κ3) is 2.63. The zero-order valence-electron chi connectivity index (χ0n) is 18.9. The smallest absolute Gasteiger partial charge is 0.236 e. The van der Waals surface area contributed by atoms with Gasteiger partial charge in [0.1, 0.15) is 0 Å².